The van der Waals surface area contributed by atoms with Gasteiger partial charge < -0.3 is 15.4 Å². The Balaban J connectivity index is 1.80. The highest BCUT2D eigenvalue weighted by Crippen LogP contribution is 2.25. The predicted molar refractivity (Wildman–Crippen MR) is 64.8 cm³/mol. The van der Waals surface area contributed by atoms with E-state index in [1.165, 1.54) is 12.8 Å². The Hall–Kier alpha value is -1.00. The molecule has 1 saturated carbocycles. The van der Waals surface area contributed by atoms with E-state index < -0.39 is 0 Å². The minimum atomic E-state index is 0.458. The highest BCUT2D eigenvalue weighted by Gasteiger charge is 2.25. The maximum absolute atomic E-state index is 5.94. The summed E-state index contributed by atoms with van der Waals surface area (Å²) in [4.78, 5) is 6.33. The van der Waals surface area contributed by atoms with E-state index in [9.17, 15) is 0 Å². The number of hydrogen-bond donors (Lipinski definition) is 1. The second-order valence-electron chi connectivity index (χ2n) is 4.12. The van der Waals surface area contributed by atoms with Crippen LogP contribution in [0.15, 0.2) is 12.3 Å². The van der Waals surface area contributed by atoms with Crippen LogP contribution in [0.5, 0.6) is 5.88 Å². The molecule has 1 aliphatic carbocycles. The average molecular weight is 242 g/mol. The van der Waals surface area contributed by atoms with Gasteiger partial charge in [0, 0.05) is 12.6 Å². The van der Waals surface area contributed by atoms with Gasteiger partial charge in [0.2, 0.25) is 5.88 Å². The summed E-state index contributed by atoms with van der Waals surface area (Å²) in [7, 11) is 2.11. The molecule has 2 rings (SSSR count). The summed E-state index contributed by atoms with van der Waals surface area (Å²) >= 11 is 5.94. The monoisotopic (exact) mass is 241 g/mol. The van der Waals surface area contributed by atoms with E-state index in [2.05, 4.69) is 16.9 Å². The zero-order valence-corrected chi connectivity index (χ0v) is 10.1. The van der Waals surface area contributed by atoms with Gasteiger partial charge in [0.05, 0.1) is 11.9 Å². The summed E-state index contributed by atoms with van der Waals surface area (Å²) in [6, 6.07) is 2.40. The van der Waals surface area contributed by atoms with Gasteiger partial charge in [-0.25, -0.2) is 4.98 Å². The first kappa shape index (κ1) is 11.5. The molecule has 1 aromatic heterocycles. The van der Waals surface area contributed by atoms with Crippen LogP contribution in [0.3, 0.4) is 0 Å². The molecule has 5 heteroatoms. The highest BCUT2D eigenvalue weighted by molar-refractivity contribution is 6.32. The number of rotatable bonds is 5. The predicted octanol–water partition coefficient (Wildman–Crippen LogP) is 1.79. The van der Waals surface area contributed by atoms with Gasteiger partial charge in [-0.2, -0.15) is 0 Å². The molecule has 2 N–H and O–H groups in total. The lowest BCUT2D eigenvalue weighted by Gasteiger charge is -2.15. The Labute approximate surface area is 100 Å². The molecule has 0 saturated heterocycles. The van der Waals surface area contributed by atoms with E-state index >= 15 is 0 Å². The van der Waals surface area contributed by atoms with E-state index in [-0.39, 0.29) is 0 Å². The van der Waals surface area contributed by atoms with Crippen LogP contribution in [-0.2, 0) is 0 Å². The number of hydrogen-bond acceptors (Lipinski definition) is 4. The van der Waals surface area contributed by atoms with Crippen LogP contribution in [0, 0.1) is 0 Å². The van der Waals surface area contributed by atoms with Crippen molar-refractivity contribution in [3.8, 4) is 5.88 Å². The molecular formula is C11H16ClN3O. The van der Waals surface area contributed by atoms with Crippen molar-refractivity contribution in [3.05, 3.63) is 17.3 Å². The third-order valence-electron chi connectivity index (χ3n) is 2.68. The Morgan fingerprint density at radius 2 is 2.38 bits per heavy atom. The summed E-state index contributed by atoms with van der Waals surface area (Å²) in [5.41, 5.74) is 6.09. The minimum Gasteiger partial charge on any atom is -0.475 e. The van der Waals surface area contributed by atoms with Gasteiger partial charge in [0.1, 0.15) is 11.6 Å². The third-order valence-corrected chi connectivity index (χ3v) is 2.95. The molecule has 88 valence electrons. The van der Waals surface area contributed by atoms with Crippen LogP contribution in [0.25, 0.3) is 0 Å². The number of nitrogens with zero attached hydrogens (tertiary/aromatic N) is 2. The van der Waals surface area contributed by atoms with Gasteiger partial charge in [-0.1, -0.05) is 11.6 Å². The number of halogens is 1. The Morgan fingerprint density at radius 1 is 1.62 bits per heavy atom. The second-order valence-corrected chi connectivity index (χ2v) is 4.52. The fourth-order valence-corrected chi connectivity index (χ4v) is 1.76. The SMILES string of the molecule is CN(CCOc1ncc(N)cc1Cl)C1CC1. The summed E-state index contributed by atoms with van der Waals surface area (Å²) < 4.78 is 5.50. The fraction of sp³-hybridized carbons (Fsp3) is 0.545. The van der Waals surface area contributed by atoms with Crippen molar-refractivity contribution in [1.82, 2.24) is 9.88 Å². The van der Waals surface area contributed by atoms with E-state index in [0.717, 1.165) is 12.6 Å². The van der Waals surface area contributed by atoms with Gasteiger partial charge in [0.15, 0.2) is 0 Å². The van der Waals surface area contributed by atoms with E-state index in [0.29, 0.717) is 23.2 Å². The zero-order valence-electron chi connectivity index (χ0n) is 9.32. The summed E-state index contributed by atoms with van der Waals surface area (Å²) in [5, 5.41) is 0.467. The van der Waals surface area contributed by atoms with Crippen LogP contribution < -0.4 is 10.5 Å². The van der Waals surface area contributed by atoms with Crippen molar-refractivity contribution in [2.24, 2.45) is 0 Å². The van der Waals surface area contributed by atoms with Crippen molar-refractivity contribution in [2.75, 3.05) is 25.9 Å². The van der Waals surface area contributed by atoms with Crippen LogP contribution in [0.4, 0.5) is 5.69 Å². The largest absolute Gasteiger partial charge is 0.475 e. The zero-order chi connectivity index (χ0) is 11.5. The molecule has 1 aliphatic rings. The summed E-state index contributed by atoms with van der Waals surface area (Å²) in [6.07, 6.45) is 4.15. The highest BCUT2D eigenvalue weighted by atomic mass is 35.5. The second kappa shape index (κ2) is 4.89. The van der Waals surface area contributed by atoms with Crippen LogP contribution in [0.1, 0.15) is 12.8 Å². The Bertz CT molecular complexity index is 368. The molecule has 1 aromatic rings. The van der Waals surface area contributed by atoms with E-state index in [1.54, 1.807) is 12.3 Å². The number of ether oxygens (including phenoxy) is 1. The molecule has 0 spiro atoms. The number of aromatic nitrogens is 1. The van der Waals surface area contributed by atoms with Crippen molar-refractivity contribution in [1.29, 1.82) is 0 Å². The molecule has 0 bridgehead atoms. The topological polar surface area (TPSA) is 51.4 Å². The van der Waals surface area contributed by atoms with Crippen molar-refractivity contribution in [2.45, 2.75) is 18.9 Å². The first-order valence-electron chi connectivity index (χ1n) is 5.41. The smallest absolute Gasteiger partial charge is 0.232 e. The molecule has 0 atom stereocenters. The summed E-state index contributed by atoms with van der Waals surface area (Å²) in [5.74, 6) is 0.458. The number of likely N-dealkylation sites (N-methyl/N-ethyl adjacent to an activating group) is 1. The molecule has 1 heterocycles. The van der Waals surface area contributed by atoms with Crippen molar-refractivity contribution >= 4 is 17.3 Å². The quantitative estimate of drug-likeness (QED) is 0.854. The Morgan fingerprint density at radius 3 is 3.00 bits per heavy atom. The first-order chi connectivity index (χ1) is 7.66. The van der Waals surface area contributed by atoms with E-state index in [1.807, 2.05) is 0 Å². The van der Waals surface area contributed by atoms with Gasteiger partial charge >= 0.3 is 0 Å². The lowest BCUT2D eigenvalue weighted by molar-refractivity contribution is 0.226. The summed E-state index contributed by atoms with van der Waals surface area (Å²) in [6.45, 7) is 1.50. The number of pyridine rings is 1. The van der Waals surface area contributed by atoms with Gasteiger partial charge in [0.25, 0.3) is 0 Å². The Kier molecular flexibility index (Phi) is 3.51. The molecule has 16 heavy (non-hydrogen) atoms. The molecule has 0 aliphatic heterocycles. The lowest BCUT2D eigenvalue weighted by atomic mass is 10.4. The van der Waals surface area contributed by atoms with Gasteiger partial charge in [-0.15, -0.1) is 0 Å². The van der Waals surface area contributed by atoms with Crippen LogP contribution >= 0.6 is 11.6 Å². The maximum Gasteiger partial charge on any atom is 0.232 e. The van der Waals surface area contributed by atoms with Crippen LogP contribution in [0.2, 0.25) is 5.02 Å². The van der Waals surface area contributed by atoms with Gasteiger partial charge in [-0.3, -0.25) is 0 Å². The first-order valence-corrected chi connectivity index (χ1v) is 5.78. The number of anilines is 1. The molecule has 0 aromatic carbocycles. The normalized spacial score (nSPS) is 15.4. The standard InChI is InChI=1S/C11H16ClN3O/c1-15(9-2-3-9)4-5-16-11-10(12)6-8(13)7-14-11/h6-7,9H,2-5,13H2,1H3. The fourth-order valence-electron chi connectivity index (χ4n) is 1.53. The molecule has 0 unspecified atom stereocenters. The third kappa shape index (κ3) is 3.00. The lowest BCUT2D eigenvalue weighted by Crippen LogP contribution is -2.26. The molecule has 1 fully saturated rings. The van der Waals surface area contributed by atoms with Crippen molar-refractivity contribution in [3.63, 3.8) is 0 Å². The van der Waals surface area contributed by atoms with Crippen LogP contribution in [-0.4, -0.2) is 36.1 Å². The maximum atomic E-state index is 5.94. The number of nitrogens with two attached hydrogens (primary N) is 1. The molecular weight excluding hydrogens is 226 g/mol. The van der Waals surface area contributed by atoms with Crippen molar-refractivity contribution < 1.29 is 4.74 Å². The van der Waals surface area contributed by atoms with Gasteiger partial charge in [-0.05, 0) is 26.0 Å². The molecule has 4 nitrogen and oxygen atoms in total. The molecule has 0 radical (unpaired) electrons. The minimum absolute atomic E-state index is 0.458. The number of nitrogen functional groups attached to an aromatic ring is 1. The molecule has 0 amide bonds. The van der Waals surface area contributed by atoms with E-state index in [4.69, 9.17) is 22.1 Å². The average Bonchev–Trinajstić information content (AvgIpc) is 3.04.